The van der Waals surface area contributed by atoms with Crippen LogP contribution in [0.15, 0.2) is 0 Å². The second-order valence-electron chi connectivity index (χ2n) is 5.99. The normalized spacial score (nSPS) is 25.1. The molecule has 1 aliphatic heterocycles. The van der Waals surface area contributed by atoms with Gasteiger partial charge in [-0.25, -0.2) is 4.79 Å². The number of ether oxygens (including phenoxy) is 2. The number of piperidine rings is 1. The molecule has 0 saturated carbocycles. The third kappa shape index (κ3) is 4.16. The standard InChI is InChI=1S/C14H27NO3/c1-6-11-8-7-9-12(10-17-5)15(11)13(16)18-14(2,3)4/h11-12H,6-10H2,1-5H3. The van der Waals surface area contributed by atoms with Gasteiger partial charge in [0.1, 0.15) is 5.60 Å². The third-order valence-electron chi connectivity index (χ3n) is 3.30. The number of amides is 1. The summed E-state index contributed by atoms with van der Waals surface area (Å²) in [4.78, 5) is 14.2. The van der Waals surface area contributed by atoms with E-state index in [4.69, 9.17) is 9.47 Å². The Balaban J connectivity index is 2.78. The zero-order valence-electron chi connectivity index (χ0n) is 12.4. The van der Waals surface area contributed by atoms with E-state index in [1.165, 1.54) is 0 Å². The summed E-state index contributed by atoms with van der Waals surface area (Å²) in [5, 5.41) is 0. The molecule has 106 valence electrons. The maximum atomic E-state index is 12.3. The molecule has 0 spiro atoms. The Morgan fingerprint density at radius 2 is 1.89 bits per heavy atom. The average Bonchev–Trinajstić information content (AvgIpc) is 2.26. The highest BCUT2D eigenvalue weighted by Crippen LogP contribution is 2.27. The highest BCUT2D eigenvalue weighted by Gasteiger charge is 2.35. The average molecular weight is 257 g/mol. The summed E-state index contributed by atoms with van der Waals surface area (Å²) in [6.45, 7) is 8.43. The van der Waals surface area contributed by atoms with E-state index >= 15 is 0 Å². The van der Waals surface area contributed by atoms with Crippen molar-refractivity contribution in [3.63, 3.8) is 0 Å². The van der Waals surface area contributed by atoms with E-state index in [0.717, 1.165) is 25.7 Å². The van der Waals surface area contributed by atoms with Gasteiger partial charge < -0.3 is 9.47 Å². The molecule has 0 radical (unpaired) electrons. The smallest absolute Gasteiger partial charge is 0.410 e. The van der Waals surface area contributed by atoms with Crippen molar-refractivity contribution >= 4 is 6.09 Å². The zero-order valence-corrected chi connectivity index (χ0v) is 12.4. The van der Waals surface area contributed by atoms with Crippen molar-refractivity contribution in [1.29, 1.82) is 0 Å². The lowest BCUT2D eigenvalue weighted by Gasteiger charge is -2.42. The van der Waals surface area contributed by atoms with Crippen molar-refractivity contribution in [2.45, 2.75) is 71.1 Å². The van der Waals surface area contributed by atoms with Crippen LogP contribution in [0.3, 0.4) is 0 Å². The van der Waals surface area contributed by atoms with E-state index in [-0.39, 0.29) is 18.2 Å². The van der Waals surface area contributed by atoms with Crippen molar-refractivity contribution in [3.05, 3.63) is 0 Å². The van der Waals surface area contributed by atoms with Gasteiger partial charge in [0.2, 0.25) is 0 Å². The number of rotatable bonds is 3. The van der Waals surface area contributed by atoms with Crippen LogP contribution in [-0.4, -0.2) is 42.4 Å². The molecule has 0 aromatic rings. The van der Waals surface area contributed by atoms with Crippen LogP contribution in [0.4, 0.5) is 4.79 Å². The monoisotopic (exact) mass is 257 g/mol. The number of nitrogens with zero attached hydrogens (tertiary/aromatic N) is 1. The Morgan fingerprint density at radius 1 is 1.28 bits per heavy atom. The Labute approximate surface area is 111 Å². The molecule has 0 aliphatic carbocycles. The van der Waals surface area contributed by atoms with E-state index in [9.17, 15) is 4.79 Å². The number of hydrogen-bond acceptors (Lipinski definition) is 3. The van der Waals surface area contributed by atoms with Crippen molar-refractivity contribution in [2.75, 3.05) is 13.7 Å². The van der Waals surface area contributed by atoms with Gasteiger partial charge in [0.05, 0.1) is 12.6 Å². The second kappa shape index (κ2) is 6.41. The summed E-state index contributed by atoms with van der Waals surface area (Å²) in [5.74, 6) is 0. The largest absolute Gasteiger partial charge is 0.444 e. The molecule has 1 fully saturated rings. The summed E-state index contributed by atoms with van der Waals surface area (Å²) in [6, 6.07) is 0.442. The van der Waals surface area contributed by atoms with Gasteiger partial charge in [0.25, 0.3) is 0 Å². The summed E-state index contributed by atoms with van der Waals surface area (Å²) in [7, 11) is 1.68. The molecule has 1 saturated heterocycles. The van der Waals surface area contributed by atoms with Gasteiger partial charge in [0, 0.05) is 13.2 Å². The molecule has 1 heterocycles. The summed E-state index contributed by atoms with van der Waals surface area (Å²) in [5.41, 5.74) is -0.440. The van der Waals surface area contributed by atoms with Crippen molar-refractivity contribution in [2.24, 2.45) is 0 Å². The van der Waals surface area contributed by atoms with Crippen LogP contribution in [0.2, 0.25) is 0 Å². The highest BCUT2D eigenvalue weighted by atomic mass is 16.6. The van der Waals surface area contributed by atoms with Crippen molar-refractivity contribution in [1.82, 2.24) is 4.90 Å². The lowest BCUT2D eigenvalue weighted by molar-refractivity contribution is -0.0199. The second-order valence-corrected chi connectivity index (χ2v) is 5.99. The molecule has 1 rings (SSSR count). The molecule has 1 amide bonds. The zero-order chi connectivity index (χ0) is 13.8. The number of methoxy groups -OCH3 is 1. The predicted molar refractivity (Wildman–Crippen MR) is 71.7 cm³/mol. The number of hydrogen-bond donors (Lipinski definition) is 0. The van der Waals surface area contributed by atoms with Gasteiger partial charge in [0.15, 0.2) is 0 Å². The van der Waals surface area contributed by atoms with Gasteiger partial charge in [-0.15, -0.1) is 0 Å². The Bertz CT molecular complexity index is 271. The highest BCUT2D eigenvalue weighted by molar-refractivity contribution is 5.69. The number of carbonyl (C=O) groups excluding carboxylic acids is 1. The first-order valence-electron chi connectivity index (χ1n) is 6.89. The van der Waals surface area contributed by atoms with Gasteiger partial charge in [-0.3, -0.25) is 4.90 Å². The number of likely N-dealkylation sites (tertiary alicyclic amines) is 1. The fourth-order valence-electron chi connectivity index (χ4n) is 2.54. The van der Waals surface area contributed by atoms with Gasteiger partial charge in [-0.2, -0.15) is 0 Å². The SMILES string of the molecule is CCC1CCCC(COC)N1C(=O)OC(C)(C)C. The van der Waals surface area contributed by atoms with E-state index in [1.54, 1.807) is 7.11 Å². The van der Waals surface area contributed by atoms with Crippen LogP contribution in [-0.2, 0) is 9.47 Å². The first-order valence-corrected chi connectivity index (χ1v) is 6.89. The van der Waals surface area contributed by atoms with Crippen LogP contribution in [0.5, 0.6) is 0 Å². The Hall–Kier alpha value is -0.770. The summed E-state index contributed by atoms with van der Waals surface area (Å²) in [6.07, 6.45) is 4.00. The molecule has 1 aliphatic rings. The number of carbonyl (C=O) groups is 1. The van der Waals surface area contributed by atoms with E-state index in [2.05, 4.69) is 6.92 Å². The first-order chi connectivity index (χ1) is 8.39. The third-order valence-corrected chi connectivity index (χ3v) is 3.30. The van der Waals surface area contributed by atoms with Gasteiger partial charge in [-0.05, 0) is 46.5 Å². The topological polar surface area (TPSA) is 38.8 Å². The molecule has 0 N–H and O–H groups in total. The lowest BCUT2D eigenvalue weighted by atomic mass is 9.95. The van der Waals surface area contributed by atoms with Crippen LogP contribution < -0.4 is 0 Å². The van der Waals surface area contributed by atoms with E-state index in [1.807, 2.05) is 25.7 Å². The van der Waals surface area contributed by atoms with E-state index in [0.29, 0.717) is 6.61 Å². The maximum absolute atomic E-state index is 12.3. The molecule has 2 atom stereocenters. The maximum Gasteiger partial charge on any atom is 0.410 e. The van der Waals surface area contributed by atoms with E-state index < -0.39 is 5.60 Å². The fourth-order valence-corrected chi connectivity index (χ4v) is 2.54. The molecule has 4 nitrogen and oxygen atoms in total. The molecule has 0 aromatic heterocycles. The fraction of sp³-hybridized carbons (Fsp3) is 0.929. The molecule has 4 heteroatoms. The minimum Gasteiger partial charge on any atom is -0.444 e. The molecule has 2 unspecified atom stereocenters. The minimum atomic E-state index is -0.440. The molecular formula is C14H27NO3. The molecule has 0 aromatic carbocycles. The first kappa shape index (κ1) is 15.3. The summed E-state index contributed by atoms with van der Waals surface area (Å²) < 4.78 is 10.8. The lowest BCUT2D eigenvalue weighted by Crippen LogP contribution is -2.53. The Morgan fingerprint density at radius 3 is 2.39 bits per heavy atom. The quantitative estimate of drug-likeness (QED) is 0.779. The van der Waals surface area contributed by atoms with Crippen LogP contribution in [0.25, 0.3) is 0 Å². The van der Waals surface area contributed by atoms with Crippen molar-refractivity contribution < 1.29 is 14.3 Å². The van der Waals surface area contributed by atoms with Crippen LogP contribution >= 0.6 is 0 Å². The summed E-state index contributed by atoms with van der Waals surface area (Å²) >= 11 is 0. The molecular weight excluding hydrogens is 230 g/mol. The van der Waals surface area contributed by atoms with Crippen molar-refractivity contribution in [3.8, 4) is 0 Å². The van der Waals surface area contributed by atoms with Gasteiger partial charge in [-0.1, -0.05) is 6.92 Å². The van der Waals surface area contributed by atoms with Gasteiger partial charge >= 0.3 is 6.09 Å². The Kier molecular flexibility index (Phi) is 5.45. The van der Waals surface area contributed by atoms with Crippen LogP contribution in [0.1, 0.15) is 53.4 Å². The van der Waals surface area contributed by atoms with Crippen LogP contribution in [0, 0.1) is 0 Å². The molecule has 18 heavy (non-hydrogen) atoms. The minimum absolute atomic E-state index is 0.156. The predicted octanol–water partition coefficient (Wildman–Crippen LogP) is 3.20. The molecule has 0 bridgehead atoms.